The van der Waals surface area contributed by atoms with Crippen molar-refractivity contribution in [3.05, 3.63) is 11.2 Å². The van der Waals surface area contributed by atoms with E-state index in [1.807, 2.05) is 0 Å². The Morgan fingerprint density at radius 2 is 2.21 bits per heavy atom. The lowest BCUT2D eigenvalue weighted by molar-refractivity contribution is -0.117. The molecule has 1 aliphatic rings. The highest BCUT2D eigenvalue weighted by Crippen LogP contribution is 2.27. The average molecular weight is 326 g/mol. The summed E-state index contributed by atoms with van der Waals surface area (Å²) in [5.41, 5.74) is 0. The molecule has 1 atom stereocenters. The Bertz CT molecular complexity index is 625. The van der Waals surface area contributed by atoms with Gasteiger partial charge in [0.25, 0.3) is 0 Å². The molecule has 1 unspecified atom stereocenters. The molecule has 0 aliphatic carbocycles. The maximum atomic E-state index is 12.9. The lowest BCUT2D eigenvalue weighted by atomic mass is 10.4. The number of carbonyl (C=O) groups is 1. The van der Waals surface area contributed by atoms with Gasteiger partial charge in [0.1, 0.15) is 16.2 Å². The smallest absolute Gasteiger partial charge is 0.295 e. The Morgan fingerprint density at radius 3 is 2.74 bits per heavy atom. The van der Waals surface area contributed by atoms with Crippen LogP contribution in [0, 0.1) is 0 Å². The molecule has 1 saturated heterocycles. The van der Waals surface area contributed by atoms with Gasteiger partial charge in [0.2, 0.25) is 5.91 Å². The summed E-state index contributed by atoms with van der Waals surface area (Å²) in [7, 11) is -4.75. The summed E-state index contributed by atoms with van der Waals surface area (Å²) in [6.07, 6.45) is 1.34. The summed E-state index contributed by atoms with van der Waals surface area (Å²) >= 11 is 7.01. The van der Waals surface area contributed by atoms with Crippen molar-refractivity contribution in [3.63, 3.8) is 0 Å². The lowest BCUT2D eigenvalue weighted by Gasteiger charge is -2.15. The van der Waals surface area contributed by atoms with Crippen LogP contribution in [0.3, 0.4) is 0 Å². The highest BCUT2D eigenvalue weighted by atomic mass is 35.5. The summed E-state index contributed by atoms with van der Waals surface area (Å²) in [6, 6.07) is 1.34. The van der Waals surface area contributed by atoms with E-state index >= 15 is 0 Å². The number of anilines is 1. The number of hydrogen-bond acceptors (Lipinski definition) is 6. The van der Waals surface area contributed by atoms with Crippen LogP contribution in [-0.4, -0.2) is 42.3 Å². The van der Waals surface area contributed by atoms with Gasteiger partial charge in [-0.15, -0.1) is 3.89 Å². The molecular formula is C9H9ClFN3O3S2. The van der Waals surface area contributed by atoms with Gasteiger partial charge >= 0.3 is 10.2 Å². The summed E-state index contributed by atoms with van der Waals surface area (Å²) in [4.78, 5) is 20.8. The van der Waals surface area contributed by atoms with Crippen molar-refractivity contribution >= 4 is 45.3 Å². The van der Waals surface area contributed by atoms with E-state index < -0.39 is 27.8 Å². The van der Waals surface area contributed by atoms with Crippen LogP contribution in [-0.2, 0) is 15.0 Å². The minimum Gasteiger partial charge on any atom is -0.295 e. The van der Waals surface area contributed by atoms with Crippen molar-refractivity contribution in [2.75, 3.05) is 17.7 Å². The van der Waals surface area contributed by atoms with Crippen LogP contribution in [0.15, 0.2) is 11.2 Å². The summed E-state index contributed by atoms with van der Waals surface area (Å²) in [5.74, 6) is -0.325. The van der Waals surface area contributed by atoms with Crippen molar-refractivity contribution < 1.29 is 17.1 Å². The van der Waals surface area contributed by atoms with Gasteiger partial charge in [-0.1, -0.05) is 23.4 Å². The molecule has 1 fully saturated rings. The van der Waals surface area contributed by atoms with Crippen LogP contribution < -0.4 is 4.90 Å². The van der Waals surface area contributed by atoms with Gasteiger partial charge < -0.3 is 0 Å². The van der Waals surface area contributed by atoms with Crippen molar-refractivity contribution in [2.45, 2.75) is 16.8 Å². The van der Waals surface area contributed by atoms with Crippen LogP contribution in [0.25, 0.3) is 0 Å². The molecule has 1 amide bonds. The Kier molecular flexibility index (Phi) is 3.98. The molecule has 2 heterocycles. The second kappa shape index (κ2) is 5.22. The maximum Gasteiger partial charge on any atom is 0.307 e. The Morgan fingerprint density at radius 1 is 1.53 bits per heavy atom. The quantitative estimate of drug-likeness (QED) is 0.360. The fraction of sp³-hybridized carbons (Fsp3) is 0.444. The highest BCUT2D eigenvalue weighted by molar-refractivity contribution is 7.98. The standard InChI is InChI=1S/C9H9ClFN3O3S2/c1-18-9-12-6(10)3-7(13-9)14-4-5(2-8(14)15)19(11,16)17/h3,5H,2,4H2,1H3. The minimum atomic E-state index is -4.75. The van der Waals surface area contributed by atoms with Crippen LogP contribution in [0.2, 0.25) is 5.15 Å². The molecule has 0 bridgehead atoms. The van der Waals surface area contributed by atoms with Gasteiger partial charge in [-0.05, 0) is 6.26 Å². The first kappa shape index (κ1) is 14.5. The number of aromatic nitrogens is 2. The maximum absolute atomic E-state index is 12.9. The number of amides is 1. The number of rotatable bonds is 3. The molecule has 1 aromatic heterocycles. The topological polar surface area (TPSA) is 80.2 Å². The van der Waals surface area contributed by atoms with Gasteiger partial charge in [0.05, 0.1) is 0 Å². The number of nitrogens with zero attached hydrogens (tertiary/aromatic N) is 3. The second-order valence-electron chi connectivity index (χ2n) is 3.84. The van der Waals surface area contributed by atoms with Gasteiger partial charge in [-0.2, -0.15) is 8.42 Å². The van der Waals surface area contributed by atoms with E-state index in [4.69, 9.17) is 11.6 Å². The molecule has 0 spiro atoms. The zero-order chi connectivity index (χ0) is 14.2. The molecule has 10 heteroatoms. The van der Waals surface area contributed by atoms with E-state index in [-0.39, 0.29) is 17.5 Å². The molecule has 6 nitrogen and oxygen atoms in total. The van der Waals surface area contributed by atoms with E-state index in [0.717, 1.165) is 4.90 Å². The first-order valence-corrected chi connectivity index (χ1v) is 8.18. The third-order valence-electron chi connectivity index (χ3n) is 2.61. The number of halogens is 2. The van der Waals surface area contributed by atoms with Gasteiger partial charge in [-0.25, -0.2) is 9.97 Å². The molecule has 2 rings (SSSR count). The fourth-order valence-corrected chi connectivity index (χ4v) is 2.97. The Hall–Kier alpha value is -0.930. The van der Waals surface area contributed by atoms with Crippen molar-refractivity contribution in [1.29, 1.82) is 0 Å². The van der Waals surface area contributed by atoms with Crippen LogP contribution in [0.1, 0.15) is 6.42 Å². The third-order valence-corrected chi connectivity index (χ3v) is 4.46. The number of hydrogen-bond donors (Lipinski definition) is 0. The first-order valence-electron chi connectivity index (χ1n) is 5.13. The molecule has 1 aliphatic heterocycles. The Balaban J connectivity index is 2.33. The van der Waals surface area contributed by atoms with E-state index in [9.17, 15) is 17.1 Å². The molecule has 1 aromatic rings. The number of thioether (sulfide) groups is 1. The van der Waals surface area contributed by atoms with E-state index in [2.05, 4.69) is 9.97 Å². The molecule has 0 N–H and O–H groups in total. The first-order chi connectivity index (χ1) is 8.81. The molecular weight excluding hydrogens is 317 g/mol. The van der Waals surface area contributed by atoms with E-state index in [1.54, 1.807) is 6.26 Å². The summed E-state index contributed by atoms with van der Waals surface area (Å²) < 4.78 is 34.6. The van der Waals surface area contributed by atoms with Crippen LogP contribution >= 0.6 is 23.4 Å². The van der Waals surface area contributed by atoms with Gasteiger partial charge in [-0.3, -0.25) is 9.69 Å². The van der Waals surface area contributed by atoms with Gasteiger partial charge in [0.15, 0.2) is 5.16 Å². The second-order valence-corrected chi connectivity index (χ2v) is 6.62. The normalized spacial score (nSPS) is 20.1. The Labute approximate surface area is 118 Å². The predicted octanol–water partition coefficient (Wildman–Crippen LogP) is 1.26. The SMILES string of the molecule is CSc1nc(Cl)cc(N2CC(S(=O)(=O)F)CC2=O)n1. The molecule has 0 aromatic carbocycles. The third kappa shape index (κ3) is 3.15. The minimum absolute atomic E-state index is 0.133. The molecule has 0 radical (unpaired) electrons. The lowest BCUT2D eigenvalue weighted by Crippen LogP contribution is -2.28. The van der Waals surface area contributed by atoms with Crippen molar-refractivity contribution in [2.24, 2.45) is 0 Å². The molecule has 104 valence electrons. The highest BCUT2D eigenvalue weighted by Gasteiger charge is 2.39. The average Bonchev–Trinajstić information content (AvgIpc) is 2.70. The van der Waals surface area contributed by atoms with E-state index in [0.29, 0.717) is 5.16 Å². The summed E-state index contributed by atoms with van der Waals surface area (Å²) in [5, 5.41) is -0.873. The predicted molar refractivity (Wildman–Crippen MR) is 69.6 cm³/mol. The fourth-order valence-electron chi connectivity index (χ4n) is 1.70. The molecule has 0 saturated carbocycles. The van der Waals surface area contributed by atoms with Crippen LogP contribution in [0.5, 0.6) is 0 Å². The molecule has 19 heavy (non-hydrogen) atoms. The van der Waals surface area contributed by atoms with Crippen LogP contribution in [0.4, 0.5) is 9.70 Å². The monoisotopic (exact) mass is 325 g/mol. The van der Waals surface area contributed by atoms with Crippen molar-refractivity contribution in [1.82, 2.24) is 9.97 Å². The zero-order valence-electron chi connectivity index (χ0n) is 9.71. The van der Waals surface area contributed by atoms with Crippen molar-refractivity contribution in [3.8, 4) is 0 Å². The zero-order valence-corrected chi connectivity index (χ0v) is 12.1. The van der Waals surface area contributed by atoms with Gasteiger partial charge in [0, 0.05) is 19.0 Å². The summed E-state index contributed by atoms with van der Waals surface area (Å²) in [6.45, 7) is -0.265. The van der Waals surface area contributed by atoms with E-state index in [1.165, 1.54) is 17.8 Å². The largest absolute Gasteiger partial charge is 0.307 e. The number of carbonyl (C=O) groups excluding carboxylic acids is 1.